The molecule has 1 nitrogen and oxygen atoms in total. The quantitative estimate of drug-likeness (QED) is 0.141. The minimum Gasteiger partial charge on any atom is -0.310 e. The van der Waals surface area contributed by atoms with Crippen LogP contribution in [-0.2, 0) is 0 Å². The van der Waals surface area contributed by atoms with Gasteiger partial charge in [-0.3, -0.25) is 0 Å². The van der Waals surface area contributed by atoms with Gasteiger partial charge in [-0.2, -0.15) is 0 Å². The predicted octanol–water partition coefficient (Wildman–Crippen LogP) is 16.5. The molecule has 0 saturated carbocycles. The molecule has 0 spiro atoms. The highest BCUT2D eigenvalue weighted by Crippen LogP contribution is 2.43. The van der Waals surface area contributed by atoms with Gasteiger partial charge in [-0.1, -0.05) is 188 Å². The fourth-order valence-corrected chi connectivity index (χ4v) is 8.13. The first-order chi connectivity index (χ1) is 28.2. The van der Waals surface area contributed by atoms with Gasteiger partial charge in [0.1, 0.15) is 0 Å². The van der Waals surface area contributed by atoms with Gasteiger partial charge >= 0.3 is 0 Å². The van der Waals surface area contributed by atoms with Crippen molar-refractivity contribution in [3.8, 4) is 55.6 Å². The van der Waals surface area contributed by atoms with E-state index < -0.39 is 0 Å². The molecular weight excluding hydrogens is 687 g/mol. The Labute approximate surface area is 338 Å². The molecule has 0 saturated heterocycles. The molecule has 0 aliphatic rings. The Balaban J connectivity index is 0.00000181. The van der Waals surface area contributed by atoms with E-state index >= 15 is 0 Å². The van der Waals surface area contributed by atoms with Crippen molar-refractivity contribution in [2.45, 2.75) is 0 Å². The molecule has 0 atom stereocenters. The van der Waals surface area contributed by atoms with Gasteiger partial charge in [-0.15, -0.1) is 0 Å². The van der Waals surface area contributed by atoms with Crippen molar-refractivity contribution in [3.05, 3.63) is 237 Å². The van der Waals surface area contributed by atoms with Crippen LogP contribution in [0.2, 0.25) is 0 Å². The Morgan fingerprint density at radius 2 is 0.596 bits per heavy atom. The highest BCUT2D eigenvalue weighted by molar-refractivity contribution is 6.15. The fourth-order valence-electron chi connectivity index (χ4n) is 8.13. The molecule has 10 aromatic rings. The van der Waals surface area contributed by atoms with E-state index in [1.807, 2.05) is 0 Å². The Bertz CT molecular complexity index is 2910. The van der Waals surface area contributed by atoms with E-state index in [1.165, 1.54) is 77.2 Å². The number of hydrogen-bond donors (Lipinski definition) is 0. The zero-order valence-corrected chi connectivity index (χ0v) is 31.5. The van der Waals surface area contributed by atoms with Crippen LogP contribution in [0, 0.1) is 0 Å². The fraction of sp³-hybridized carbons (Fsp3) is 0. The minimum absolute atomic E-state index is 0. The first kappa shape index (κ1) is 34.0. The van der Waals surface area contributed by atoms with Crippen LogP contribution in [0.25, 0.3) is 77.2 Å². The summed E-state index contributed by atoms with van der Waals surface area (Å²) in [5.74, 6) is 0. The molecule has 0 fully saturated rings. The van der Waals surface area contributed by atoms with Gasteiger partial charge in [0.05, 0.1) is 5.69 Å². The molecule has 0 aliphatic carbocycles. The third-order valence-corrected chi connectivity index (χ3v) is 11.0. The lowest BCUT2D eigenvalue weighted by atomic mass is 9.93. The Kier molecular flexibility index (Phi) is 8.95. The SMILES string of the molecule is [HH].[HH].[HH].c1ccc(-c2ccc(-c3ccc(N(c4ccc(-c5cc(-c6ccccc6)cc(-c6ccccc6)c5)cc4)c4cccc5ccc6ccccc6c45)cc3)cc2)cc1. The lowest BCUT2D eigenvalue weighted by Gasteiger charge is -2.28. The molecule has 0 N–H and O–H groups in total. The van der Waals surface area contributed by atoms with Crippen molar-refractivity contribution >= 4 is 38.6 Å². The van der Waals surface area contributed by atoms with Gasteiger partial charge in [-0.25, -0.2) is 0 Å². The molecule has 0 aliphatic heterocycles. The summed E-state index contributed by atoms with van der Waals surface area (Å²) >= 11 is 0. The summed E-state index contributed by atoms with van der Waals surface area (Å²) in [4.78, 5) is 2.41. The highest BCUT2D eigenvalue weighted by atomic mass is 15.1. The average Bonchev–Trinajstić information content (AvgIpc) is 3.30. The smallest absolute Gasteiger partial charge is 0.0546 e. The lowest BCUT2D eigenvalue weighted by Crippen LogP contribution is -2.10. The minimum atomic E-state index is 0. The summed E-state index contributed by atoms with van der Waals surface area (Å²) in [6.45, 7) is 0. The van der Waals surface area contributed by atoms with Crippen LogP contribution in [0.3, 0.4) is 0 Å². The number of rotatable bonds is 8. The van der Waals surface area contributed by atoms with Crippen LogP contribution in [0.1, 0.15) is 4.28 Å². The standard InChI is InChI=1S/C56H39N.3H2/c1-4-13-40(14-5-1)43-23-25-44(26-24-43)45-29-33-52(34-30-45)57(55-22-12-20-48-28-27-47-19-10-11-21-54(47)56(48)55)53-35-31-46(32-36-53)51-38-49(41-15-6-2-7-16-41)37-50(39-51)42-17-8-3-9-18-42;;;/h1-39H;3*1H. The normalized spacial score (nSPS) is 11.2. The van der Waals surface area contributed by atoms with Gasteiger partial charge < -0.3 is 4.90 Å². The first-order valence-electron chi connectivity index (χ1n) is 19.6. The molecule has 0 heterocycles. The second-order valence-corrected chi connectivity index (χ2v) is 14.6. The molecule has 57 heavy (non-hydrogen) atoms. The van der Waals surface area contributed by atoms with E-state index in [-0.39, 0.29) is 4.28 Å². The van der Waals surface area contributed by atoms with Gasteiger partial charge in [-0.05, 0) is 120 Å². The molecule has 0 aromatic heterocycles. The summed E-state index contributed by atoms with van der Waals surface area (Å²) in [5.41, 5.74) is 15.4. The molecule has 10 rings (SSSR count). The number of anilines is 3. The molecule has 10 aromatic carbocycles. The second kappa shape index (κ2) is 15.0. The highest BCUT2D eigenvalue weighted by Gasteiger charge is 2.18. The lowest BCUT2D eigenvalue weighted by molar-refractivity contribution is 1.30. The maximum absolute atomic E-state index is 2.41. The van der Waals surface area contributed by atoms with E-state index in [1.54, 1.807) is 0 Å². The summed E-state index contributed by atoms with van der Waals surface area (Å²) in [7, 11) is 0. The van der Waals surface area contributed by atoms with E-state index in [0.717, 1.165) is 17.1 Å². The van der Waals surface area contributed by atoms with Gasteiger partial charge in [0.15, 0.2) is 0 Å². The van der Waals surface area contributed by atoms with Crippen molar-refractivity contribution in [3.63, 3.8) is 0 Å². The van der Waals surface area contributed by atoms with Gasteiger partial charge in [0.2, 0.25) is 0 Å². The predicted molar refractivity (Wildman–Crippen MR) is 250 cm³/mol. The molecule has 1 heteroatoms. The Morgan fingerprint density at radius 3 is 1.09 bits per heavy atom. The topological polar surface area (TPSA) is 3.24 Å². The van der Waals surface area contributed by atoms with Crippen molar-refractivity contribution in [1.29, 1.82) is 0 Å². The first-order valence-corrected chi connectivity index (χ1v) is 19.6. The molecular formula is C56H45N. The van der Waals surface area contributed by atoms with Gasteiger partial charge in [0, 0.05) is 21.0 Å². The van der Waals surface area contributed by atoms with E-state index in [0.29, 0.717) is 0 Å². The monoisotopic (exact) mass is 731 g/mol. The number of nitrogens with zero attached hydrogens (tertiary/aromatic N) is 1. The van der Waals surface area contributed by atoms with Crippen molar-refractivity contribution in [2.24, 2.45) is 0 Å². The van der Waals surface area contributed by atoms with Crippen molar-refractivity contribution < 1.29 is 4.28 Å². The number of hydrogen-bond acceptors (Lipinski definition) is 1. The van der Waals surface area contributed by atoms with Crippen LogP contribution in [0.5, 0.6) is 0 Å². The average molecular weight is 732 g/mol. The maximum Gasteiger partial charge on any atom is 0.0546 e. The van der Waals surface area contributed by atoms with Crippen molar-refractivity contribution in [1.82, 2.24) is 0 Å². The number of benzene rings is 10. The van der Waals surface area contributed by atoms with E-state index in [2.05, 4.69) is 241 Å². The van der Waals surface area contributed by atoms with Crippen molar-refractivity contribution in [2.75, 3.05) is 4.90 Å². The largest absolute Gasteiger partial charge is 0.310 e. The molecule has 0 amide bonds. The Morgan fingerprint density at radius 1 is 0.246 bits per heavy atom. The third kappa shape index (κ3) is 6.77. The van der Waals surface area contributed by atoms with Crippen LogP contribution in [0.15, 0.2) is 237 Å². The molecule has 0 radical (unpaired) electrons. The zero-order chi connectivity index (χ0) is 38.0. The van der Waals surface area contributed by atoms with Crippen LogP contribution in [0.4, 0.5) is 17.1 Å². The molecule has 0 unspecified atom stereocenters. The molecule has 274 valence electrons. The summed E-state index contributed by atoms with van der Waals surface area (Å²) in [5, 5.41) is 4.93. The second-order valence-electron chi connectivity index (χ2n) is 14.6. The van der Waals surface area contributed by atoms with Crippen LogP contribution >= 0.6 is 0 Å². The van der Waals surface area contributed by atoms with E-state index in [9.17, 15) is 0 Å². The van der Waals surface area contributed by atoms with Gasteiger partial charge in [0.25, 0.3) is 0 Å². The molecule has 0 bridgehead atoms. The van der Waals surface area contributed by atoms with E-state index in [4.69, 9.17) is 0 Å². The summed E-state index contributed by atoms with van der Waals surface area (Å²) in [6.07, 6.45) is 0. The number of fused-ring (bicyclic) bond motifs is 3. The Hall–Kier alpha value is -7.48. The maximum atomic E-state index is 2.41. The third-order valence-electron chi connectivity index (χ3n) is 11.0. The van der Waals surface area contributed by atoms with Crippen LogP contribution < -0.4 is 4.90 Å². The summed E-state index contributed by atoms with van der Waals surface area (Å²) < 4.78 is 0. The van der Waals surface area contributed by atoms with Crippen LogP contribution in [-0.4, -0.2) is 0 Å². The zero-order valence-electron chi connectivity index (χ0n) is 31.5. The summed E-state index contributed by atoms with van der Waals surface area (Å²) in [6, 6.07) is 85.6.